The molecule has 8 heteroatoms. The predicted molar refractivity (Wildman–Crippen MR) is 88.6 cm³/mol. The summed E-state index contributed by atoms with van der Waals surface area (Å²) in [6.45, 7) is 3.48. The zero-order valence-electron chi connectivity index (χ0n) is 12.6. The van der Waals surface area contributed by atoms with Gasteiger partial charge in [0.15, 0.2) is 0 Å². The van der Waals surface area contributed by atoms with Gasteiger partial charge in [0, 0.05) is 25.2 Å². The second-order valence-corrected chi connectivity index (χ2v) is 7.17. The third-order valence-corrected chi connectivity index (χ3v) is 5.07. The van der Waals surface area contributed by atoms with Gasteiger partial charge in [-0.1, -0.05) is 6.07 Å². The molecule has 1 aliphatic carbocycles. The van der Waals surface area contributed by atoms with Gasteiger partial charge in [0.2, 0.25) is 15.9 Å². The monoisotopic (exact) mass is 347 g/mol. The number of sulfonamides is 1. The van der Waals surface area contributed by atoms with E-state index in [0.29, 0.717) is 11.6 Å². The molecular formula is C14H22ClN3O3S. The van der Waals surface area contributed by atoms with Gasteiger partial charge >= 0.3 is 0 Å². The van der Waals surface area contributed by atoms with Crippen LogP contribution < -0.4 is 15.8 Å². The number of amides is 1. The van der Waals surface area contributed by atoms with Crippen LogP contribution >= 0.6 is 12.4 Å². The summed E-state index contributed by atoms with van der Waals surface area (Å²) in [6.07, 6.45) is 2.02. The highest BCUT2D eigenvalue weighted by Gasteiger charge is 2.33. The van der Waals surface area contributed by atoms with Crippen molar-refractivity contribution in [3.8, 4) is 0 Å². The van der Waals surface area contributed by atoms with Gasteiger partial charge < -0.3 is 11.1 Å². The molecule has 0 heterocycles. The molecule has 1 aliphatic rings. The summed E-state index contributed by atoms with van der Waals surface area (Å²) in [5.41, 5.74) is 6.94. The molecule has 1 amide bonds. The summed E-state index contributed by atoms with van der Waals surface area (Å²) < 4.78 is 27.5. The number of hydrogen-bond donors (Lipinski definition) is 3. The molecule has 0 bridgehead atoms. The number of halogens is 1. The molecule has 1 saturated carbocycles. The Kier molecular flexibility index (Phi) is 6.37. The SMILES string of the molecule is CC(=O)Nc1cc(S(=O)(=O)NC(CN)C2CC2)ccc1C.Cl. The molecule has 1 fully saturated rings. The van der Waals surface area contributed by atoms with Gasteiger partial charge in [0.05, 0.1) is 4.90 Å². The highest BCUT2D eigenvalue weighted by molar-refractivity contribution is 7.89. The topological polar surface area (TPSA) is 101 Å². The number of nitrogens with one attached hydrogen (secondary N) is 2. The van der Waals surface area contributed by atoms with Crippen LogP contribution in [0, 0.1) is 12.8 Å². The van der Waals surface area contributed by atoms with Gasteiger partial charge in [-0.05, 0) is 43.4 Å². The lowest BCUT2D eigenvalue weighted by atomic mass is 10.2. The van der Waals surface area contributed by atoms with Crippen LogP contribution in [0.4, 0.5) is 5.69 Å². The van der Waals surface area contributed by atoms with E-state index in [1.54, 1.807) is 6.07 Å². The highest BCUT2D eigenvalue weighted by Crippen LogP contribution is 2.33. The van der Waals surface area contributed by atoms with Crippen LogP contribution in [-0.4, -0.2) is 26.9 Å². The predicted octanol–water partition coefficient (Wildman–Crippen LogP) is 1.39. The first-order valence-electron chi connectivity index (χ1n) is 6.94. The smallest absolute Gasteiger partial charge is 0.240 e. The lowest BCUT2D eigenvalue weighted by Gasteiger charge is -2.17. The van der Waals surface area contributed by atoms with Gasteiger partial charge in [0.1, 0.15) is 0 Å². The van der Waals surface area contributed by atoms with Crippen molar-refractivity contribution in [2.24, 2.45) is 11.7 Å². The van der Waals surface area contributed by atoms with E-state index in [0.717, 1.165) is 18.4 Å². The fraction of sp³-hybridized carbons (Fsp3) is 0.500. The van der Waals surface area contributed by atoms with Crippen molar-refractivity contribution in [2.45, 2.75) is 37.6 Å². The third-order valence-electron chi connectivity index (χ3n) is 3.58. The number of nitrogens with two attached hydrogens (primary N) is 1. The van der Waals surface area contributed by atoms with E-state index in [-0.39, 0.29) is 35.8 Å². The van der Waals surface area contributed by atoms with Gasteiger partial charge in [-0.25, -0.2) is 13.1 Å². The van der Waals surface area contributed by atoms with Crippen LogP contribution in [0.1, 0.15) is 25.3 Å². The molecule has 0 aromatic heterocycles. The number of hydrogen-bond acceptors (Lipinski definition) is 4. The fourth-order valence-corrected chi connectivity index (χ4v) is 3.54. The zero-order chi connectivity index (χ0) is 15.6. The average molecular weight is 348 g/mol. The minimum Gasteiger partial charge on any atom is -0.329 e. The van der Waals surface area contributed by atoms with Crippen LogP contribution in [0.15, 0.2) is 23.1 Å². The molecule has 1 atom stereocenters. The Balaban J connectivity index is 0.00000242. The summed E-state index contributed by atoms with van der Waals surface area (Å²) in [5, 5.41) is 2.63. The van der Waals surface area contributed by atoms with Crippen molar-refractivity contribution in [1.82, 2.24) is 4.72 Å². The maximum Gasteiger partial charge on any atom is 0.240 e. The standard InChI is InChI=1S/C14H21N3O3S.ClH/c1-9-3-6-12(7-13(9)16-10(2)18)21(19,20)17-14(8-15)11-4-5-11;/h3,6-7,11,14,17H,4-5,8,15H2,1-2H3,(H,16,18);1H. The minimum absolute atomic E-state index is 0. The van der Waals surface area contributed by atoms with E-state index in [9.17, 15) is 13.2 Å². The quantitative estimate of drug-likeness (QED) is 0.723. The fourth-order valence-electron chi connectivity index (χ4n) is 2.20. The second kappa shape index (κ2) is 7.41. The maximum absolute atomic E-state index is 12.4. The Morgan fingerprint density at radius 3 is 2.55 bits per heavy atom. The Bertz CT molecular complexity index is 645. The Morgan fingerprint density at radius 1 is 1.41 bits per heavy atom. The van der Waals surface area contributed by atoms with E-state index < -0.39 is 10.0 Å². The van der Waals surface area contributed by atoms with Crippen molar-refractivity contribution >= 4 is 34.0 Å². The number of rotatable bonds is 6. The third kappa shape index (κ3) is 4.67. The molecule has 0 saturated heterocycles. The van der Waals surface area contributed by atoms with Crippen molar-refractivity contribution in [3.63, 3.8) is 0 Å². The molecule has 0 spiro atoms. The van der Waals surface area contributed by atoms with Crippen LogP contribution in [0.25, 0.3) is 0 Å². The summed E-state index contributed by atoms with van der Waals surface area (Å²) in [7, 11) is -3.63. The number of benzene rings is 1. The summed E-state index contributed by atoms with van der Waals surface area (Å²) in [5.74, 6) is 0.100. The average Bonchev–Trinajstić information content (AvgIpc) is 3.22. The first-order valence-corrected chi connectivity index (χ1v) is 8.42. The Hall–Kier alpha value is -1.15. The molecule has 0 radical (unpaired) electrons. The summed E-state index contributed by atoms with van der Waals surface area (Å²) in [6, 6.07) is 4.46. The van der Waals surface area contributed by atoms with Crippen LogP contribution in [0.3, 0.4) is 0 Å². The summed E-state index contributed by atoms with van der Waals surface area (Å²) in [4.78, 5) is 11.3. The van der Waals surface area contributed by atoms with Gasteiger partial charge in [-0.15, -0.1) is 12.4 Å². The van der Waals surface area contributed by atoms with Crippen molar-refractivity contribution < 1.29 is 13.2 Å². The van der Waals surface area contributed by atoms with Gasteiger partial charge in [0.25, 0.3) is 0 Å². The molecule has 2 rings (SSSR count). The number of carbonyl (C=O) groups is 1. The normalized spacial score (nSPS) is 15.8. The van der Waals surface area contributed by atoms with Crippen LogP contribution in [-0.2, 0) is 14.8 Å². The lowest BCUT2D eigenvalue weighted by Crippen LogP contribution is -2.41. The van der Waals surface area contributed by atoms with Crippen LogP contribution in [0.5, 0.6) is 0 Å². The molecule has 22 heavy (non-hydrogen) atoms. The molecular weight excluding hydrogens is 326 g/mol. The first kappa shape index (κ1) is 18.9. The molecule has 6 nitrogen and oxygen atoms in total. The van der Waals surface area contributed by atoms with E-state index in [1.165, 1.54) is 19.1 Å². The van der Waals surface area contributed by atoms with Crippen molar-refractivity contribution in [2.75, 3.05) is 11.9 Å². The van der Waals surface area contributed by atoms with Crippen LogP contribution in [0.2, 0.25) is 0 Å². The number of aryl methyl sites for hydroxylation is 1. The van der Waals surface area contributed by atoms with E-state index in [1.807, 2.05) is 6.92 Å². The molecule has 124 valence electrons. The van der Waals surface area contributed by atoms with E-state index >= 15 is 0 Å². The van der Waals surface area contributed by atoms with Crippen molar-refractivity contribution in [1.29, 1.82) is 0 Å². The number of anilines is 1. The van der Waals surface area contributed by atoms with Gasteiger partial charge in [-0.3, -0.25) is 4.79 Å². The Morgan fingerprint density at radius 2 is 2.05 bits per heavy atom. The van der Waals surface area contributed by atoms with E-state index in [2.05, 4.69) is 10.0 Å². The van der Waals surface area contributed by atoms with Gasteiger partial charge in [-0.2, -0.15) is 0 Å². The van der Waals surface area contributed by atoms with Crippen molar-refractivity contribution in [3.05, 3.63) is 23.8 Å². The summed E-state index contributed by atoms with van der Waals surface area (Å²) >= 11 is 0. The number of carbonyl (C=O) groups excluding carboxylic acids is 1. The molecule has 1 aromatic carbocycles. The molecule has 4 N–H and O–H groups in total. The second-order valence-electron chi connectivity index (χ2n) is 5.46. The zero-order valence-corrected chi connectivity index (χ0v) is 14.3. The Labute approximate surface area is 137 Å². The maximum atomic E-state index is 12.4. The van der Waals surface area contributed by atoms with E-state index in [4.69, 9.17) is 5.73 Å². The minimum atomic E-state index is -3.63. The molecule has 1 aromatic rings. The highest BCUT2D eigenvalue weighted by atomic mass is 35.5. The lowest BCUT2D eigenvalue weighted by molar-refractivity contribution is -0.114. The first-order chi connectivity index (χ1) is 9.83. The largest absolute Gasteiger partial charge is 0.329 e. The molecule has 1 unspecified atom stereocenters. The molecule has 0 aliphatic heterocycles.